The van der Waals surface area contributed by atoms with Crippen molar-refractivity contribution in [2.45, 2.75) is 38.0 Å². The van der Waals surface area contributed by atoms with Gasteiger partial charge in [0.25, 0.3) is 0 Å². The van der Waals surface area contributed by atoms with E-state index >= 15 is 0 Å². The van der Waals surface area contributed by atoms with Gasteiger partial charge in [0, 0.05) is 12.0 Å². The lowest BCUT2D eigenvalue weighted by Crippen LogP contribution is -2.29. The SMILES string of the molecule is CCCCC(CCO[SiH3])(c1ccccc1)c1ccccc1. The fourth-order valence-corrected chi connectivity index (χ4v) is 3.34. The Labute approximate surface area is 131 Å². The molecule has 0 amide bonds. The van der Waals surface area contributed by atoms with E-state index in [-0.39, 0.29) is 5.41 Å². The Bertz CT molecular complexity index is 460. The monoisotopic (exact) mass is 298 g/mol. The predicted molar refractivity (Wildman–Crippen MR) is 93.7 cm³/mol. The second-order valence-electron chi connectivity index (χ2n) is 5.66. The minimum absolute atomic E-state index is 0.0862. The zero-order chi connectivity index (χ0) is 15.0. The molecule has 0 saturated carbocycles. The summed E-state index contributed by atoms with van der Waals surface area (Å²) in [6.45, 7) is 3.11. The summed E-state index contributed by atoms with van der Waals surface area (Å²) in [5.74, 6) is 0. The van der Waals surface area contributed by atoms with E-state index in [1.54, 1.807) is 0 Å². The van der Waals surface area contributed by atoms with Crippen LogP contribution in [0.1, 0.15) is 43.7 Å². The number of hydrogen-bond donors (Lipinski definition) is 0. The van der Waals surface area contributed by atoms with Gasteiger partial charge in [0.1, 0.15) is 10.5 Å². The Morgan fingerprint density at radius 1 is 0.857 bits per heavy atom. The van der Waals surface area contributed by atoms with Gasteiger partial charge in [0.15, 0.2) is 0 Å². The predicted octanol–water partition coefficient (Wildman–Crippen LogP) is 3.85. The molecule has 0 radical (unpaired) electrons. The smallest absolute Gasteiger partial charge is 0.145 e. The summed E-state index contributed by atoms with van der Waals surface area (Å²) in [7, 11) is 0.812. The molecule has 0 bridgehead atoms. The van der Waals surface area contributed by atoms with Crippen molar-refractivity contribution < 1.29 is 4.43 Å². The molecule has 0 aliphatic carbocycles. The molecule has 2 aromatic rings. The van der Waals surface area contributed by atoms with Crippen LogP contribution in [0.5, 0.6) is 0 Å². The lowest BCUT2D eigenvalue weighted by molar-refractivity contribution is 0.283. The Hall–Kier alpha value is -1.38. The van der Waals surface area contributed by atoms with E-state index < -0.39 is 0 Å². The summed E-state index contributed by atoms with van der Waals surface area (Å²) >= 11 is 0. The number of rotatable bonds is 8. The van der Waals surface area contributed by atoms with Gasteiger partial charge < -0.3 is 4.43 Å². The van der Waals surface area contributed by atoms with E-state index in [0.29, 0.717) is 0 Å². The van der Waals surface area contributed by atoms with Crippen LogP contribution in [-0.2, 0) is 9.84 Å². The Balaban J connectivity index is 2.48. The van der Waals surface area contributed by atoms with Gasteiger partial charge in [-0.25, -0.2) is 0 Å². The van der Waals surface area contributed by atoms with Crippen molar-refractivity contribution in [3.05, 3.63) is 71.8 Å². The van der Waals surface area contributed by atoms with E-state index in [1.807, 2.05) is 0 Å². The topological polar surface area (TPSA) is 9.23 Å². The standard InChI is InChI=1S/C19H26OSi/c1-2-3-14-19(15-16-20-21,17-10-6-4-7-11-17)18-12-8-5-9-13-18/h4-13H,2-3,14-16H2,1,21H3. The van der Waals surface area contributed by atoms with Crippen molar-refractivity contribution in [3.8, 4) is 0 Å². The first-order valence-corrected chi connectivity index (χ1v) is 8.75. The summed E-state index contributed by atoms with van der Waals surface area (Å²) in [5.41, 5.74) is 2.93. The molecule has 0 saturated heterocycles. The van der Waals surface area contributed by atoms with Crippen LogP contribution in [-0.4, -0.2) is 17.1 Å². The number of benzene rings is 2. The second-order valence-corrected chi connectivity index (χ2v) is 6.24. The second kappa shape index (κ2) is 8.16. The van der Waals surface area contributed by atoms with Gasteiger partial charge >= 0.3 is 0 Å². The van der Waals surface area contributed by atoms with Gasteiger partial charge in [-0.05, 0) is 24.0 Å². The van der Waals surface area contributed by atoms with Gasteiger partial charge in [0.05, 0.1) is 0 Å². The molecule has 0 spiro atoms. The molecular weight excluding hydrogens is 272 g/mol. The van der Waals surface area contributed by atoms with Crippen LogP contribution in [0.25, 0.3) is 0 Å². The van der Waals surface area contributed by atoms with Crippen LogP contribution < -0.4 is 0 Å². The van der Waals surface area contributed by atoms with Crippen LogP contribution in [0.4, 0.5) is 0 Å². The molecule has 2 aromatic carbocycles. The van der Waals surface area contributed by atoms with Gasteiger partial charge in [-0.3, -0.25) is 0 Å². The Morgan fingerprint density at radius 2 is 1.38 bits per heavy atom. The summed E-state index contributed by atoms with van der Waals surface area (Å²) in [6, 6.07) is 21.9. The first-order valence-electron chi connectivity index (χ1n) is 7.93. The Morgan fingerprint density at radius 3 is 1.81 bits per heavy atom. The van der Waals surface area contributed by atoms with E-state index in [4.69, 9.17) is 4.43 Å². The van der Waals surface area contributed by atoms with Gasteiger partial charge in [-0.15, -0.1) is 0 Å². The van der Waals surface area contributed by atoms with Gasteiger partial charge in [0.2, 0.25) is 0 Å². The molecule has 0 atom stereocenters. The minimum Gasteiger partial charge on any atom is -0.428 e. The lowest BCUT2D eigenvalue weighted by Gasteiger charge is -2.35. The van der Waals surface area contributed by atoms with Crippen LogP contribution in [0, 0.1) is 0 Å². The zero-order valence-electron chi connectivity index (χ0n) is 13.2. The summed E-state index contributed by atoms with van der Waals surface area (Å²) in [4.78, 5) is 0. The fraction of sp³-hybridized carbons (Fsp3) is 0.368. The maximum absolute atomic E-state index is 5.56. The molecule has 0 aromatic heterocycles. The van der Waals surface area contributed by atoms with Crippen molar-refractivity contribution in [1.29, 1.82) is 0 Å². The molecule has 0 N–H and O–H groups in total. The van der Waals surface area contributed by atoms with Crippen LogP contribution in [0.3, 0.4) is 0 Å². The lowest BCUT2D eigenvalue weighted by atomic mass is 9.69. The highest BCUT2D eigenvalue weighted by Crippen LogP contribution is 2.40. The number of unbranched alkanes of at least 4 members (excludes halogenated alkanes) is 1. The molecule has 0 aliphatic heterocycles. The van der Waals surface area contributed by atoms with Crippen molar-refractivity contribution >= 4 is 10.5 Å². The third-order valence-electron chi connectivity index (χ3n) is 4.34. The highest BCUT2D eigenvalue weighted by Gasteiger charge is 2.32. The maximum Gasteiger partial charge on any atom is 0.145 e. The summed E-state index contributed by atoms with van der Waals surface area (Å²) in [5, 5.41) is 0. The van der Waals surface area contributed by atoms with E-state index in [0.717, 1.165) is 23.5 Å². The van der Waals surface area contributed by atoms with E-state index in [1.165, 1.54) is 30.4 Å². The zero-order valence-corrected chi connectivity index (χ0v) is 15.2. The molecule has 1 nitrogen and oxygen atoms in total. The molecule has 2 rings (SSSR count). The normalized spacial score (nSPS) is 11.7. The first-order chi connectivity index (χ1) is 10.3. The van der Waals surface area contributed by atoms with Crippen LogP contribution >= 0.6 is 0 Å². The highest BCUT2D eigenvalue weighted by atomic mass is 28.2. The largest absolute Gasteiger partial charge is 0.428 e. The average molecular weight is 299 g/mol. The molecular formula is C19H26OSi. The van der Waals surface area contributed by atoms with Crippen molar-refractivity contribution in [3.63, 3.8) is 0 Å². The highest BCUT2D eigenvalue weighted by molar-refractivity contribution is 5.97. The number of hydrogen-bond acceptors (Lipinski definition) is 1. The molecule has 0 fully saturated rings. The molecule has 0 aliphatic rings. The quantitative estimate of drug-likeness (QED) is 0.673. The van der Waals surface area contributed by atoms with Crippen molar-refractivity contribution in [2.75, 3.05) is 6.61 Å². The van der Waals surface area contributed by atoms with Crippen LogP contribution in [0.15, 0.2) is 60.7 Å². The minimum atomic E-state index is 0.0862. The fourth-order valence-electron chi connectivity index (χ4n) is 3.14. The molecule has 0 unspecified atom stereocenters. The van der Waals surface area contributed by atoms with Crippen LogP contribution in [0.2, 0.25) is 0 Å². The molecule has 0 heterocycles. The first kappa shape index (κ1) is 16.0. The third kappa shape index (κ3) is 3.83. The van der Waals surface area contributed by atoms with Crippen molar-refractivity contribution in [2.24, 2.45) is 0 Å². The third-order valence-corrected chi connectivity index (χ3v) is 4.75. The molecule has 2 heteroatoms. The van der Waals surface area contributed by atoms with Gasteiger partial charge in [-0.1, -0.05) is 80.4 Å². The molecule has 21 heavy (non-hydrogen) atoms. The van der Waals surface area contributed by atoms with E-state index in [9.17, 15) is 0 Å². The molecule has 112 valence electrons. The Kier molecular flexibility index (Phi) is 6.21. The average Bonchev–Trinajstić information content (AvgIpc) is 2.57. The summed E-state index contributed by atoms with van der Waals surface area (Å²) in [6.07, 6.45) is 4.71. The maximum atomic E-state index is 5.56. The van der Waals surface area contributed by atoms with Crippen molar-refractivity contribution in [1.82, 2.24) is 0 Å². The van der Waals surface area contributed by atoms with E-state index in [2.05, 4.69) is 67.6 Å². The summed E-state index contributed by atoms with van der Waals surface area (Å²) < 4.78 is 5.56. The van der Waals surface area contributed by atoms with Gasteiger partial charge in [-0.2, -0.15) is 0 Å².